The van der Waals surface area contributed by atoms with Crippen molar-refractivity contribution in [3.63, 3.8) is 0 Å². The first kappa shape index (κ1) is 17.7. The number of allylic oxidation sites excluding steroid dienone is 1. The van der Waals surface area contributed by atoms with E-state index in [1.165, 1.54) is 0 Å². The summed E-state index contributed by atoms with van der Waals surface area (Å²) in [6.45, 7) is 5.80. The Morgan fingerprint density at radius 2 is 2.19 bits per heavy atom. The summed E-state index contributed by atoms with van der Waals surface area (Å²) in [4.78, 5) is 26.1. The van der Waals surface area contributed by atoms with Gasteiger partial charge in [0.25, 0.3) is 0 Å². The maximum absolute atomic E-state index is 12.5. The van der Waals surface area contributed by atoms with Gasteiger partial charge in [-0.3, -0.25) is 9.59 Å². The normalized spacial score (nSPS) is 20.9. The summed E-state index contributed by atoms with van der Waals surface area (Å²) in [5.41, 5.74) is 0. The van der Waals surface area contributed by atoms with Crippen LogP contribution in [0, 0.1) is 5.92 Å². The highest BCUT2D eigenvalue weighted by molar-refractivity contribution is 5.86. The number of amides is 2. The fourth-order valence-electron chi connectivity index (χ4n) is 2.63. The molecule has 0 aliphatic carbocycles. The van der Waals surface area contributed by atoms with E-state index in [-0.39, 0.29) is 43.5 Å². The third-order valence-corrected chi connectivity index (χ3v) is 3.78. The molecule has 0 bridgehead atoms. The molecule has 120 valence electrons. The molecule has 0 aromatic carbocycles. The van der Waals surface area contributed by atoms with Crippen LogP contribution in [0.1, 0.15) is 32.6 Å². The Hall–Kier alpha value is -1.40. The number of hydrogen-bond acceptors (Lipinski definition) is 4. The number of nitrogens with zero attached hydrogens (tertiary/aromatic N) is 1. The summed E-state index contributed by atoms with van der Waals surface area (Å²) in [6, 6.07) is -0.460. The van der Waals surface area contributed by atoms with Crippen LogP contribution in [0.5, 0.6) is 0 Å². The smallest absolute Gasteiger partial charge is 0.226 e. The first-order valence-corrected chi connectivity index (χ1v) is 7.45. The second-order valence-corrected chi connectivity index (χ2v) is 5.59. The van der Waals surface area contributed by atoms with Crippen LogP contribution in [0.2, 0.25) is 0 Å². The molecule has 6 nitrogen and oxygen atoms in total. The van der Waals surface area contributed by atoms with Gasteiger partial charge in [0.2, 0.25) is 11.8 Å². The largest absolute Gasteiger partial charge is 0.394 e. The van der Waals surface area contributed by atoms with Crippen molar-refractivity contribution in [3.8, 4) is 0 Å². The number of carbonyl (C=O) groups excluding carboxylic acids is 2. The molecule has 6 heteroatoms. The quantitative estimate of drug-likeness (QED) is 0.552. The molecule has 2 amide bonds. The second-order valence-electron chi connectivity index (χ2n) is 5.59. The Bertz CT molecular complexity index is 373. The van der Waals surface area contributed by atoms with Crippen LogP contribution in [0.4, 0.5) is 0 Å². The van der Waals surface area contributed by atoms with E-state index < -0.39 is 5.92 Å². The van der Waals surface area contributed by atoms with E-state index in [4.69, 9.17) is 5.11 Å². The van der Waals surface area contributed by atoms with Gasteiger partial charge in [0.1, 0.15) is 0 Å². The highest BCUT2D eigenvalue weighted by Gasteiger charge is 2.33. The van der Waals surface area contributed by atoms with Gasteiger partial charge in [0, 0.05) is 19.0 Å². The molecule has 0 aromatic rings. The van der Waals surface area contributed by atoms with Gasteiger partial charge in [0.15, 0.2) is 0 Å². The Balaban J connectivity index is 2.65. The van der Waals surface area contributed by atoms with Gasteiger partial charge < -0.3 is 20.4 Å². The molecule has 1 saturated heterocycles. The molecule has 1 heterocycles. The lowest BCUT2D eigenvalue weighted by Crippen LogP contribution is -2.43. The summed E-state index contributed by atoms with van der Waals surface area (Å²) in [6.07, 6.45) is 3.82. The first-order valence-electron chi connectivity index (χ1n) is 7.45. The topological polar surface area (TPSA) is 89.9 Å². The molecule has 0 spiro atoms. The highest BCUT2D eigenvalue weighted by atomic mass is 16.3. The number of likely N-dealkylation sites (tertiary alicyclic amines) is 1. The fourth-order valence-corrected chi connectivity index (χ4v) is 2.63. The van der Waals surface area contributed by atoms with E-state index in [0.717, 1.165) is 12.8 Å². The van der Waals surface area contributed by atoms with E-state index in [1.807, 2.05) is 0 Å². The number of aliphatic hydroxyl groups excluding tert-OH is 2. The van der Waals surface area contributed by atoms with Crippen molar-refractivity contribution in [3.05, 3.63) is 12.7 Å². The summed E-state index contributed by atoms with van der Waals surface area (Å²) < 4.78 is 0. The van der Waals surface area contributed by atoms with Crippen LogP contribution in [-0.4, -0.2) is 58.8 Å². The maximum atomic E-state index is 12.5. The molecule has 21 heavy (non-hydrogen) atoms. The van der Waals surface area contributed by atoms with Crippen LogP contribution in [-0.2, 0) is 9.59 Å². The minimum atomic E-state index is -0.458. The Labute approximate surface area is 125 Å². The SMILES string of the molecule is C=CC[C@@H](CC(=O)N[C@@H](C)CO)C(=O)N1CCC[C@H]1CO. The van der Waals surface area contributed by atoms with Gasteiger partial charge in [-0.1, -0.05) is 6.08 Å². The third kappa shape index (κ3) is 5.13. The van der Waals surface area contributed by atoms with E-state index in [9.17, 15) is 14.7 Å². The lowest BCUT2D eigenvalue weighted by molar-refractivity contribution is -0.139. The molecule has 3 atom stereocenters. The van der Waals surface area contributed by atoms with E-state index in [2.05, 4.69) is 11.9 Å². The standard InChI is InChI=1S/C15H26N2O4/c1-3-5-12(8-14(20)16-11(2)9-18)15(21)17-7-4-6-13(17)10-19/h3,11-13,18-19H,1,4-10H2,2H3,(H,16,20)/t11-,12-,13-/m0/s1. The Morgan fingerprint density at radius 3 is 2.76 bits per heavy atom. The van der Waals surface area contributed by atoms with Crippen molar-refractivity contribution in [2.75, 3.05) is 19.8 Å². The summed E-state index contributed by atoms with van der Waals surface area (Å²) in [5.74, 6) is -0.810. The molecule has 1 rings (SSSR count). The average molecular weight is 298 g/mol. The van der Waals surface area contributed by atoms with Crippen molar-refractivity contribution >= 4 is 11.8 Å². The number of rotatable bonds is 8. The minimum Gasteiger partial charge on any atom is -0.394 e. The number of nitrogens with one attached hydrogen (secondary N) is 1. The van der Waals surface area contributed by atoms with Gasteiger partial charge in [-0.15, -0.1) is 6.58 Å². The summed E-state index contributed by atoms with van der Waals surface area (Å²) in [7, 11) is 0. The van der Waals surface area contributed by atoms with Crippen molar-refractivity contribution in [1.29, 1.82) is 0 Å². The molecule has 3 N–H and O–H groups in total. The lowest BCUT2D eigenvalue weighted by atomic mass is 9.98. The molecule has 0 radical (unpaired) electrons. The van der Waals surface area contributed by atoms with Gasteiger partial charge in [-0.05, 0) is 26.2 Å². The molecule has 1 aliphatic heterocycles. The van der Waals surface area contributed by atoms with Crippen LogP contribution in [0.3, 0.4) is 0 Å². The van der Waals surface area contributed by atoms with Crippen molar-refractivity contribution in [2.24, 2.45) is 5.92 Å². The van der Waals surface area contributed by atoms with E-state index in [1.54, 1.807) is 17.9 Å². The molecule has 1 aliphatic rings. The Morgan fingerprint density at radius 1 is 1.48 bits per heavy atom. The van der Waals surface area contributed by atoms with E-state index >= 15 is 0 Å². The Kier molecular flexibility index (Phi) is 7.39. The second kappa shape index (κ2) is 8.79. The van der Waals surface area contributed by atoms with Crippen molar-refractivity contribution in [2.45, 2.75) is 44.7 Å². The van der Waals surface area contributed by atoms with Crippen molar-refractivity contribution < 1.29 is 19.8 Å². The number of carbonyl (C=O) groups is 2. The van der Waals surface area contributed by atoms with Crippen LogP contribution in [0.25, 0.3) is 0 Å². The highest BCUT2D eigenvalue weighted by Crippen LogP contribution is 2.22. The summed E-state index contributed by atoms with van der Waals surface area (Å²) >= 11 is 0. The monoisotopic (exact) mass is 298 g/mol. The first-order chi connectivity index (χ1) is 10.0. The minimum absolute atomic E-state index is 0.0414. The van der Waals surface area contributed by atoms with Crippen LogP contribution < -0.4 is 5.32 Å². The summed E-state index contributed by atoms with van der Waals surface area (Å²) in [5, 5.41) is 20.9. The lowest BCUT2D eigenvalue weighted by Gasteiger charge is -2.27. The third-order valence-electron chi connectivity index (χ3n) is 3.78. The molecule has 0 aromatic heterocycles. The predicted octanol–water partition coefficient (Wildman–Crippen LogP) is 0.0491. The zero-order valence-corrected chi connectivity index (χ0v) is 12.6. The zero-order chi connectivity index (χ0) is 15.8. The molecule has 0 unspecified atom stereocenters. The number of aliphatic hydroxyl groups is 2. The average Bonchev–Trinajstić information content (AvgIpc) is 2.94. The molecular formula is C15H26N2O4. The molecule has 1 fully saturated rings. The van der Waals surface area contributed by atoms with Gasteiger partial charge in [-0.2, -0.15) is 0 Å². The zero-order valence-electron chi connectivity index (χ0n) is 12.6. The van der Waals surface area contributed by atoms with Gasteiger partial charge in [-0.25, -0.2) is 0 Å². The fraction of sp³-hybridized carbons (Fsp3) is 0.733. The van der Waals surface area contributed by atoms with Crippen LogP contribution in [0.15, 0.2) is 12.7 Å². The number of hydrogen-bond donors (Lipinski definition) is 3. The van der Waals surface area contributed by atoms with Crippen molar-refractivity contribution in [1.82, 2.24) is 10.2 Å². The van der Waals surface area contributed by atoms with Crippen LogP contribution >= 0.6 is 0 Å². The maximum Gasteiger partial charge on any atom is 0.226 e. The van der Waals surface area contributed by atoms with Gasteiger partial charge >= 0.3 is 0 Å². The predicted molar refractivity (Wildman–Crippen MR) is 79.4 cm³/mol. The van der Waals surface area contributed by atoms with Gasteiger partial charge in [0.05, 0.1) is 25.2 Å². The van der Waals surface area contributed by atoms with E-state index in [0.29, 0.717) is 13.0 Å². The molecule has 0 saturated carbocycles. The molecular weight excluding hydrogens is 272 g/mol.